The molecule has 0 aliphatic carbocycles. The van der Waals surface area contributed by atoms with Crippen molar-refractivity contribution < 1.29 is 28.6 Å². The number of carbonyl (C=O) groups is 3. The van der Waals surface area contributed by atoms with E-state index in [1.54, 1.807) is 0 Å². The average molecular weight is 807 g/mol. The van der Waals surface area contributed by atoms with Gasteiger partial charge >= 0.3 is 17.9 Å². The van der Waals surface area contributed by atoms with Crippen LogP contribution in [0.4, 0.5) is 0 Å². The van der Waals surface area contributed by atoms with Crippen molar-refractivity contribution in [2.45, 2.75) is 285 Å². The number of hydrogen-bond donors (Lipinski definition) is 0. The van der Waals surface area contributed by atoms with Crippen molar-refractivity contribution in [3.05, 3.63) is 0 Å². The molecule has 57 heavy (non-hydrogen) atoms. The highest BCUT2D eigenvalue weighted by molar-refractivity contribution is 5.71. The third-order valence-electron chi connectivity index (χ3n) is 11.5. The lowest BCUT2D eigenvalue weighted by atomic mass is 10.0. The zero-order valence-electron chi connectivity index (χ0n) is 39.0. The number of esters is 3. The van der Waals surface area contributed by atoms with E-state index < -0.39 is 6.10 Å². The quantitative estimate of drug-likeness (QED) is 0.0346. The van der Waals surface area contributed by atoms with Crippen molar-refractivity contribution in [1.82, 2.24) is 0 Å². The van der Waals surface area contributed by atoms with E-state index in [0.717, 1.165) is 69.6 Å². The van der Waals surface area contributed by atoms with Crippen LogP contribution >= 0.6 is 0 Å². The van der Waals surface area contributed by atoms with Gasteiger partial charge in [0.1, 0.15) is 13.2 Å². The molecule has 0 aromatic heterocycles. The Morgan fingerprint density at radius 2 is 0.579 bits per heavy atom. The first kappa shape index (κ1) is 55.4. The first-order chi connectivity index (χ1) is 27.7. The zero-order valence-corrected chi connectivity index (χ0v) is 39.0. The van der Waals surface area contributed by atoms with E-state index in [1.165, 1.54) is 167 Å². The Balaban J connectivity index is 4.28. The normalized spacial score (nSPS) is 12.1. The van der Waals surface area contributed by atoms with Crippen LogP contribution in [0.15, 0.2) is 0 Å². The van der Waals surface area contributed by atoms with E-state index in [9.17, 15) is 14.4 Å². The molecule has 0 radical (unpaired) electrons. The number of hydrogen-bond acceptors (Lipinski definition) is 6. The van der Waals surface area contributed by atoms with E-state index >= 15 is 0 Å². The van der Waals surface area contributed by atoms with Crippen molar-refractivity contribution in [3.63, 3.8) is 0 Å². The van der Waals surface area contributed by atoms with Gasteiger partial charge in [-0.15, -0.1) is 0 Å². The molecule has 0 N–H and O–H groups in total. The van der Waals surface area contributed by atoms with Crippen LogP contribution < -0.4 is 0 Å². The molecule has 6 nitrogen and oxygen atoms in total. The molecule has 0 aromatic carbocycles. The van der Waals surface area contributed by atoms with E-state index in [0.29, 0.717) is 19.3 Å². The molecule has 0 rings (SSSR count). The number of ether oxygens (including phenoxy) is 3. The molecule has 0 saturated carbocycles. The topological polar surface area (TPSA) is 78.9 Å². The fourth-order valence-corrected chi connectivity index (χ4v) is 7.64. The molecule has 338 valence electrons. The zero-order chi connectivity index (χ0) is 41.9. The third kappa shape index (κ3) is 45.3. The van der Waals surface area contributed by atoms with Crippen LogP contribution in [0.25, 0.3) is 0 Å². The van der Waals surface area contributed by atoms with Crippen LogP contribution in [-0.4, -0.2) is 37.2 Å². The minimum absolute atomic E-state index is 0.0645. The second kappa shape index (κ2) is 44.0. The number of unbranched alkanes of at least 4 members (excludes halogenated alkanes) is 30. The maximum Gasteiger partial charge on any atom is 0.306 e. The summed E-state index contributed by atoms with van der Waals surface area (Å²) in [5, 5.41) is 0. The molecular formula is C51H98O6. The molecular weight excluding hydrogens is 709 g/mol. The monoisotopic (exact) mass is 807 g/mol. The lowest BCUT2D eigenvalue weighted by molar-refractivity contribution is -0.167. The highest BCUT2D eigenvalue weighted by Crippen LogP contribution is 2.17. The first-order valence-corrected chi connectivity index (χ1v) is 25.2. The predicted octanol–water partition coefficient (Wildman–Crippen LogP) is 16.1. The van der Waals surface area contributed by atoms with Crippen molar-refractivity contribution in [3.8, 4) is 0 Å². The van der Waals surface area contributed by atoms with Crippen LogP contribution in [0.2, 0.25) is 0 Å². The molecule has 0 fully saturated rings. The second-order valence-corrected chi connectivity index (χ2v) is 18.4. The van der Waals surface area contributed by atoms with Crippen molar-refractivity contribution in [2.75, 3.05) is 13.2 Å². The average Bonchev–Trinajstić information content (AvgIpc) is 3.18. The summed E-state index contributed by atoms with van der Waals surface area (Å²) in [6.45, 7) is 11.3. The summed E-state index contributed by atoms with van der Waals surface area (Å²) in [7, 11) is 0. The Morgan fingerprint density at radius 3 is 0.860 bits per heavy atom. The van der Waals surface area contributed by atoms with E-state index in [1.807, 2.05) is 0 Å². The van der Waals surface area contributed by atoms with Crippen LogP contribution in [-0.2, 0) is 28.6 Å². The minimum Gasteiger partial charge on any atom is -0.462 e. The summed E-state index contributed by atoms with van der Waals surface area (Å²) in [6.07, 6.45) is 43.8. The molecule has 0 spiro atoms. The van der Waals surface area contributed by atoms with Crippen molar-refractivity contribution in [1.29, 1.82) is 0 Å². The Morgan fingerprint density at radius 1 is 0.333 bits per heavy atom. The smallest absolute Gasteiger partial charge is 0.306 e. The van der Waals surface area contributed by atoms with Gasteiger partial charge in [0.05, 0.1) is 0 Å². The Bertz CT molecular complexity index is 870. The standard InChI is InChI=1S/C51H98O6/c1-6-7-8-9-10-11-12-13-14-18-21-26-31-36-41-49(52)55-44-48(57-51(54)43-38-33-28-23-25-30-35-40-47(4)5)45-56-50(53)42-37-32-27-22-19-16-15-17-20-24-29-34-39-46(2)3/h46-48H,6-45H2,1-5H3/t48-/m0/s1. The molecule has 0 heterocycles. The third-order valence-corrected chi connectivity index (χ3v) is 11.5. The first-order valence-electron chi connectivity index (χ1n) is 25.2. The van der Waals surface area contributed by atoms with Gasteiger partial charge in [-0.1, -0.05) is 240 Å². The lowest BCUT2D eigenvalue weighted by Crippen LogP contribution is -2.30. The number of carbonyl (C=O) groups excluding carboxylic acids is 3. The van der Waals surface area contributed by atoms with E-state index in [-0.39, 0.29) is 31.1 Å². The largest absolute Gasteiger partial charge is 0.462 e. The van der Waals surface area contributed by atoms with Gasteiger partial charge in [0, 0.05) is 19.3 Å². The second-order valence-electron chi connectivity index (χ2n) is 18.4. The fraction of sp³-hybridized carbons (Fsp3) is 0.941. The highest BCUT2D eigenvalue weighted by atomic mass is 16.6. The lowest BCUT2D eigenvalue weighted by Gasteiger charge is -2.18. The van der Waals surface area contributed by atoms with Crippen molar-refractivity contribution in [2.24, 2.45) is 11.8 Å². The fourth-order valence-electron chi connectivity index (χ4n) is 7.64. The van der Waals surface area contributed by atoms with Gasteiger partial charge in [-0.05, 0) is 31.1 Å². The van der Waals surface area contributed by atoms with Crippen LogP contribution in [0.1, 0.15) is 279 Å². The highest BCUT2D eigenvalue weighted by Gasteiger charge is 2.19. The van der Waals surface area contributed by atoms with Crippen LogP contribution in [0.3, 0.4) is 0 Å². The number of rotatable bonds is 45. The van der Waals surface area contributed by atoms with Crippen LogP contribution in [0, 0.1) is 11.8 Å². The summed E-state index contributed by atoms with van der Waals surface area (Å²) >= 11 is 0. The molecule has 0 aromatic rings. The van der Waals surface area contributed by atoms with Crippen LogP contribution in [0.5, 0.6) is 0 Å². The summed E-state index contributed by atoms with van der Waals surface area (Å²) < 4.78 is 16.8. The molecule has 0 aliphatic rings. The molecule has 0 bridgehead atoms. The predicted molar refractivity (Wildman–Crippen MR) is 243 cm³/mol. The summed E-state index contributed by atoms with van der Waals surface area (Å²) in [5.41, 5.74) is 0. The Labute approximate surface area is 355 Å². The van der Waals surface area contributed by atoms with E-state index in [4.69, 9.17) is 14.2 Å². The van der Waals surface area contributed by atoms with Gasteiger partial charge in [-0.25, -0.2) is 0 Å². The minimum atomic E-state index is -0.761. The molecule has 1 atom stereocenters. The van der Waals surface area contributed by atoms with Gasteiger partial charge in [-0.3, -0.25) is 14.4 Å². The SMILES string of the molecule is CCCCCCCCCCCCCCCCC(=O)OC[C@@H](COC(=O)CCCCCCCCCCCCCCC(C)C)OC(=O)CCCCCCCCCC(C)C. The maximum atomic E-state index is 12.7. The van der Waals surface area contributed by atoms with Gasteiger partial charge in [0.25, 0.3) is 0 Å². The molecule has 6 heteroatoms. The summed E-state index contributed by atoms with van der Waals surface area (Å²) in [4.78, 5) is 37.9. The molecule has 0 saturated heterocycles. The molecule has 0 amide bonds. The Kier molecular flexibility index (Phi) is 42.7. The van der Waals surface area contributed by atoms with Gasteiger partial charge in [0.2, 0.25) is 0 Å². The van der Waals surface area contributed by atoms with Crippen molar-refractivity contribution >= 4 is 17.9 Å². The molecule has 0 unspecified atom stereocenters. The molecule has 0 aliphatic heterocycles. The van der Waals surface area contributed by atoms with Gasteiger partial charge in [-0.2, -0.15) is 0 Å². The Hall–Kier alpha value is -1.59. The summed E-state index contributed by atoms with van der Waals surface area (Å²) in [5.74, 6) is 0.759. The van der Waals surface area contributed by atoms with Gasteiger partial charge in [0.15, 0.2) is 6.10 Å². The van der Waals surface area contributed by atoms with Gasteiger partial charge < -0.3 is 14.2 Å². The maximum absolute atomic E-state index is 12.7. The summed E-state index contributed by atoms with van der Waals surface area (Å²) in [6, 6.07) is 0. The van der Waals surface area contributed by atoms with E-state index in [2.05, 4.69) is 34.6 Å².